The Hall–Kier alpha value is -2.22. The van der Waals surface area contributed by atoms with E-state index in [-0.39, 0.29) is 24.3 Å². The van der Waals surface area contributed by atoms with Crippen LogP contribution in [0.25, 0.3) is 0 Å². The van der Waals surface area contributed by atoms with Crippen LogP contribution < -0.4 is 10.2 Å². The summed E-state index contributed by atoms with van der Waals surface area (Å²) in [6, 6.07) is 1.44. The minimum absolute atomic E-state index is 0.0237. The number of hydrogen-bond donors (Lipinski definition) is 1. The molecule has 8 heteroatoms. The Balaban J connectivity index is 1.59. The first-order chi connectivity index (χ1) is 13.0. The highest BCUT2D eigenvalue weighted by atomic mass is 16.2. The normalized spacial score (nSPS) is 21.9. The molecular formula is C19H30N6O2. The molecule has 1 aromatic rings. The predicted octanol–water partition coefficient (Wildman–Crippen LogP) is 0.362. The van der Waals surface area contributed by atoms with Gasteiger partial charge in [-0.3, -0.25) is 14.5 Å². The van der Waals surface area contributed by atoms with Gasteiger partial charge in [-0.15, -0.1) is 0 Å². The monoisotopic (exact) mass is 374 g/mol. The molecule has 1 atom stereocenters. The summed E-state index contributed by atoms with van der Waals surface area (Å²) in [4.78, 5) is 40.0. The molecule has 2 saturated heterocycles. The highest BCUT2D eigenvalue weighted by Crippen LogP contribution is 2.15. The van der Waals surface area contributed by atoms with E-state index in [1.165, 1.54) is 0 Å². The number of nitrogens with zero attached hydrogens (tertiary/aromatic N) is 5. The predicted molar refractivity (Wildman–Crippen MR) is 103 cm³/mol. The van der Waals surface area contributed by atoms with Gasteiger partial charge in [-0.2, -0.15) is 0 Å². The topological polar surface area (TPSA) is 81.7 Å². The van der Waals surface area contributed by atoms with E-state index in [1.807, 2.05) is 4.90 Å². The van der Waals surface area contributed by atoms with Crippen LogP contribution in [-0.2, 0) is 9.59 Å². The smallest absolute Gasteiger partial charge is 0.237 e. The highest BCUT2D eigenvalue weighted by Gasteiger charge is 2.33. The molecule has 2 aliphatic rings. The molecule has 3 heterocycles. The molecule has 0 spiro atoms. The van der Waals surface area contributed by atoms with Gasteiger partial charge in [-0.1, -0.05) is 13.8 Å². The summed E-state index contributed by atoms with van der Waals surface area (Å²) in [5.41, 5.74) is 0. The van der Waals surface area contributed by atoms with Gasteiger partial charge in [0.1, 0.15) is 0 Å². The van der Waals surface area contributed by atoms with E-state index in [0.29, 0.717) is 38.0 Å². The standard InChI is InChI=1S/C19H30N6O2/c1-15(2)14-25-10-7-20-18(27)16(25)13-17(26)23-8-4-9-24(12-11-23)19-21-5-3-6-22-19/h3,5-6,15-16H,4,7-14H2,1-2H3,(H,20,27)/t16-/m1/s1. The number of carbonyl (C=O) groups is 2. The van der Waals surface area contributed by atoms with Gasteiger partial charge in [-0.25, -0.2) is 9.97 Å². The molecule has 2 amide bonds. The number of anilines is 1. The maximum absolute atomic E-state index is 12.9. The molecule has 0 aliphatic carbocycles. The fourth-order valence-corrected chi connectivity index (χ4v) is 3.79. The second kappa shape index (κ2) is 9.12. The number of piperazine rings is 1. The van der Waals surface area contributed by atoms with E-state index >= 15 is 0 Å². The molecule has 3 rings (SSSR count). The van der Waals surface area contributed by atoms with E-state index in [0.717, 1.165) is 26.1 Å². The maximum Gasteiger partial charge on any atom is 0.237 e. The highest BCUT2D eigenvalue weighted by molar-refractivity contribution is 5.88. The van der Waals surface area contributed by atoms with E-state index in [1.54, 1.807) is 18.5 Å². The molecule has 148 valence electrons. The fraction of sp³-hybridized carbons (Fsp3) is 0.684. The Morgan fingerprint density at radius 3 is 2.70 bits per heavy atom. The number of nitrogens with one attached hydrogen (secondary N) is 1. The summed E-state index contributed by atoms with van der Waals surface area (Å²) in [5.74, 6) is 1.21. The minimum Gasteiger partial charge on any atom is -0.353 e. The first-order valence-corrected chi connectivity index (χ1v) is 9.86. The van der Waals surface area contributed by atoms with Crippen molar-refractivity contribution in [3.05, 3.63) is 18.5 Å². The molecule has 0 radical (unpaired) electrons. The van der Waals surface area contributed by atoms with Crippen LogP contribution >= 0.6 is 0 Å². The van der Waals surface area contributed by atoms with Crippen LogP contribution in [0.1, 0.15) is 26.7 Å². The molecule has 1 aromatic heterocycles. The lowest BCUT2D eigenvalue weighted by Gasteiger charge is -2.36. The lowest BCUT2D eigenvalue weighted by atomic mass is 10.1. The van der Waals surface area contributed by atoms with Crippen molar-refractivity contribution in [1.29, 1.82) is 0 Å². The Labute approximate surface area is 160 Å². The molecule has 1 N–H and O–H groups in total. The van der Waals surface area contributed by atoms with Gasteiger partial charge in [0.25, 0.3) is 0 Å². The van der Waals surface area contributed by atoms with Crippen molar-refractivity contribution in [3.8, 4) is 0 Å². The Bertz CT molecular complexity index is 638. The van der Waals surface area contributed by atoms with Gasteiger partial charge in [0, 0.05) is 58.2 Å². The summed E-state index contributed by atoms with van der Waals surface area (Å²) in [7, 11) is 0. The van der Waals surface area contributed by atoms with Crippen molar-refractivity contribution in [1.82, 2.24) is 25.1 Å². The number of aromatic nitrogens is 2. The van der Waals surface area contributed by atoms with Gasteiger partial charge >= 0.3 is 0 Å². The molecule has 0 bridgehead atoms. The quantitative estimate of drug-likeness (QED) is 0.802. The van der Waals surface area contributed by atoms with Crippen LogP contribution in [0.2, 0.25) is 0 Å². The summed E-state index contributed by atoms with van der Waals surface area (Å²) in [5, 5.41) is 2.91. The largest absolute Gasteiger partial charge is 0.353 e. The second-order valence-electron chi connectivity index (χ2n) is 7.67. The minimum atomic E-state index is -0.356. The Morgan fingerprint density at radius 2 is 1.96 bits per heavy atom. The van der Waals surface area contributed by atoms with Crippen molar-refractivity contribution in [2.75, 3.05) is 50.7 Å². The summed E-state index contributed by atoms with van der Waals surface area (Å²) in [6.45, 7) is 9.47. The van der Waals surface area contributed by atoms with Crippen molar-refractivity contribution in [2.24, 2.45) is 5.92 Å². The lowest BCUT2D eigenvalue weighted by molar-refractivity contribution is -0.138. The number of amides is 2. The van der Waals surface area contributed by atoms with Crippen LogP contribution in [0.5, 0.6) is 0 Å². The van der Waals surface area contributed by atoms with E-state index < -0.39 is 0 Å². The van der Waals surface area contributed by atoms with Gasteiger partial charge in [0.2, 0.25) is 17.8 Å². The third-order valence-corrected chi connectivity index (χ3v) is 5.09. The zero-order chi connectivity index (χ0) is 19.2. The van der Waals surface area contributed by atoms with E-state index in [2.05, 4.69) is 38.9 Å². The summed E-state index contributed by atoms with van der Waals surface area (Å²) in [6.07, 6.45) is 4.60. The zero-order valence-electron chi connectivity index (χ0n) is 16.3. The molecule has 0 unspecified atom stereocenters. The fourth-order valence-electron chi connectivity index (χ4n) is 3.79. The molecule has 8 nitrogen and oxygen atoms in total. The van der Waals surface area contributed by atoms with Gasteiger partial charge in [0.15, 0.2) is 0 Å². The SMILES string of the molecule is CC(C)CN1CCNC(=O)[C@H]1CC(=O)N1CCCN(c2ncccn2)CC1. The Kier molecular flexibility index (Phi) is 6.60. The lowest BCUT2D eigenvalue weighted by Crippen LogP contribution is -2.57. The summed E-state index contributed by atoms with van der Waals surface area (Å²) >= 11 is 0. The number of hydrogen-bond acceptors (Lipinski definition) is 6. The van der Waals surface area contributed by atoms with Gasteiger partial charge in [0.05, 0.1) is 12.5 Å². The van der Waals surface area contributed by atoms with E-state index in [9.17, 15) is 9.59 Å². The van der Waals surface area contributed by atoms with Gasteiger partial charge < -0.3 is 15.1 Å². The molecule has 0 aromatic carbocycles. The third kappa shape index (κ3) is 5.15. The maximum atomic E-state index is 12.9. The molecule has 27 heavy (non-hydrogen) atoms. The average Bonchev–Trinajstić information content (AvgIpc) is 2.91. The zero-order valence-corrected chi connectivity index (χ0v) is 16.3. The molecule has 0 saturated carbocycles. The van der Waals surface area contributed by atoms with Crippen molar-refractivity contribution in [3.63, 3.8) is 0 Å². The third-order valence-electron chi connectivity index (χ3n) is 5.09. The van der Waals surface area contributed by atoms with Crippen LogP contribution in [0.15, 0.2) is 18.5 Å². The van der Waals surface area contributed by atoms with Gasteiger partial charge in [-0.05, 0) is 18.4 Å². The first-order valence-electron chi connectivity index (χ1n) is 9.86. The van der Waals surface area contributed by atoms with Crippen molar-refractivity contribution < 1.29 is 9.59 Å². The van der Waals surface area contributed by atoms with Crippen LogP contribution in [0, 0.1) is 5.92 Å². The average molecular weight is 374 g/mol. The van der Waals surface area contributed by atoms with E-state index in [4.69, 9.17) is 0 Å². The van der Waals surface area contributed by atoms with Crippen LogP contribution in [0.4, 0.5) is 5.95 Å². The second-order valence-corrected chi connectivity index (χ2v) is 7.67. The number of carbonyl (C=O) groups excluding carboxylic acids is 2. The molecule has 2 aliphatic heterocycles. The number of rotatable bonds is 5. The van der Waals surface area contributed by atoms with Crippen molar-refractivity contribution in [2.45, 2.75) is 32.7 Å². The van der Waals surface area contributed by atoms with Crippen LogP contribution in [-0.4, -0.2) is 83.4 Å². The molecule has 2 fully saturated rings. The van der Waals surface area contributed by atoms with Crippen molar-refractivity contribution >= 4 is 17.8 Å². The Morgan fingerprint density at radius 1 is 1.19 bits per heavy atom. The summed E-state index contributed by atoms with van der Waals surface area (Å²) < 4.78 is 0. The first kappa shape index (κ1) is 19.5. The molecular weight excluding hydrogens is 344 g/mol. The van der Waals surface area contributed by atoms with Crippen LogP contribution in [0.3, 0.4) is 0 Å².